The number of aryl methyl sites for hydroxylation is 1. The van der Waals surface area contributed by atoms with Crippen LogP contribution < -0.4 is 10.6 Å². The molecule has 0 spiro atoms. The molecule has 0 heterocycles. The zero-order chi connectivity index (χ0) is 11.8. The van der Waals surface area contributed by atoms with Crippen molar-refractivity contribution in [2.75, 3.05) is 13.6 Å². The fourth-order valence-corrected chi connectivity index (χ4v) is 1.38. The molecule has 0 aliphatic rings. The molecule has 0 amide bonds. The number of guanidine groups is 1. The summed E-state index contributed by atoms with van der Waals surface area (Å²) in [5.74, 6) is 0.795. The highest BCUT2D eigenvalue weighted by molar-refractivity contribution is 5.79. The lowest BCUT2D eigenvalue weighted by Crippen LogP contribution is -2.36. The molecule has 16 heavy (non-hydrogen) atoms. The normalized spacial score (nSPS) is 11.0. The Balaban J connectivity index is 2.50. The number of nitrogens with zero attached hydrogens (tertiary/aromatic N) is 1. The van der Waals surface area contributed by atoms with Crippen molar-refractivity contribution in [2.24, 2.45) is 4.99 Å². The zero-order valence-electron chi connectivity index (χ0n) is 9.96. The predicted octanol–water partition coefficient (Wildman–Crippen LogP) is 1.85. The maximum atomic E-state index is 4.12. The Kier molecular flexibility index (Phi) is 5.12. The summed E-state index contributed by atoms with van der Waals surface area (Å²) < 4.78 is 0. The van der Waals surface area contributed by atoms with E-state index in [0.29, 0.717) is 6.54 Å². The molecule has 1 rings (SSSR count). The maximum absolute atomic E-state index is 4.12. The van der Waals surface area contributed by atoms with Gasteiger partial charge in [0.2, 0.25) is 0 Å². The molecular weight excluding hydrogens is 198 g/mol. The first-order chi connectivity index (χ1) is 7.77. The molecule has 0 unspecified atom stereocenters. The predicted molar refractivity (Wildman–Crippen MR) is 69.6 cm³/mol. The molecule has 2 N–H and O–H groups in total. The molecule has 1 aromatic rings. The average molecular weight is 217 g/mol. The molecule has 0 atom stereocenters. The topological polar surface area (TPSA) is 36.4 Å². The van der Waals surface area contributed by atoms with Gasteiger partial charge in [-0.1, -0.05) is 30.3 Å². The van der Waals surface area contributed by atoms with Gasteiger partial charge in [-0.05, 0) is 18.1 Å². The summed E-state index contributed by atoms with van der Waals surface area (Å²) in [7, 11) is 1.76. The van der Waals surface area contributed by atoms with Gasteiger partial charge < -0.3 is 10.6 Å². The third-order valence-electron chi connectivity index (χ3n) is 2.34. The monoisotopic (exact) mass is 217 g/mol. The molecule has 0 aliphatic carbocycles. The van der Waals surface area contributed by atoms with Crippen molar-refractivity contribution in [3.8, 4) is 0 Å². The first-order valence-electron chi connectivity index (χ1n) is 5.38. The Morgan fingerprint density at radius 3 is 2.75 bits per heavy atom. The smallest absolute Gasteiger partial charge is 0.191 e. The molecular formula is C13H19N3. The van der Waals surface area contributed by atoms with Crippen LogP contribution in [0.5, 0.6) is 0 Å². The fourth-order valence-electron chi connectivity index (χ4n) is 1.38. The van der Waals surface area contributed by atoms with E-state index in [-0.39, 0.29) is 0 Å². The molecule has 0 aliphatic heterocycles. The van der Waals surface area contributed by atoms with Crippen LogP contribution in [0, 0.1) is 6.92 Å². The van der Waals surface area contributed by atoms with Crippen molar-refractivity contribution in [3.05, 3.63) is 48.0 Å². The summed E-state index contributed by atoms with van der Waals surface area (Å²) >= 11 is 0. The molecule has 0 bridgehead atoms. The van der Waals surface area contributed by atoms with Crippen molar-refractivity contribution in [2.45, 2.75) is 13.5 Å². The van der Waals surface area contributed by atoms with Crippen molar-refractivity contribution < 1.29 is 0 Å². The number of rotatable bonds is 4. The van der Waals surface area contributed by atoms with Crippen LogP contribution in [0.15, 0.2) is 41.9 Å². The lowest BCUT2D eigenvalue weighted by atomic mass is 10.1. The lowest BCUT2D eigenvalue weighted by Gasteiger charge is -2.11. The van der Waals surface area contributed by atoms with E-state index in [1.807, 2.05) is 12.1 Å². The standard InChI is InChI=1S/C13H19N3/c1-4-9-15-13(14-3)16-10-12-8-6-5-7-11(12)2/h4-8H,1,9-10H2,2-3H3,(H2,14,15,16). The molecule has 3 heteroatoms. The van der Waals surface area contributed by atoms with Crippen LogP contribution in [-0.2, 0) is 6.54 Å². The van der Waals surface area contributed by atoms with Gasteiger partial charge in [0.05, 0.1) is 0 Å². The number of aliphatic imine (C=N–C) groups is 1. The first-order valence-corrected chi connectivity index (χ1v) is 5.38. The van der Waals surface area contributed by atoms with E-state index in [0.717, 1.165) is 12.5 Å². The van der Waals surface area contributed by atoms with Crippen LogP contribution in [0.4, 0.5) is 0 Å². The summed E-state index contributed by atoms with van der Waals surface area (Å²) in [6, 6.07) is 8.31. The number of hydrogen-bond acceptors (Lipinski definition) is 1. The largest absolute Gasteiger partial charge is 0.353 e. The van der Waals surface area contributed by atoms with E-state index in [9.17, 15) is 0 Å². The third-order valence-corrected chi connectivity index (χ3v) is 2.34. The van der Waals surface area contributed by atoms with Gasteiger partial charge in [-0.25, -0.2) is 0 Å². The van der Waals surface area contributed by atoms with Crippen LogP contribution >= 0.6 is 0 Å². The second-order valence-corrected chi connectivity index (χ2v) is 3.52. The van der Waals surface area contributed by atoms with Crippen LogP contribution in [0.25, 0.3) is 0 Å². The second-order valence-electron chi connectivity index (χ2n) is 3.52. The van der Waals surface area contributed by atoms with Crippen LogP contribution in [0.3, 0.4) is 0 Å². The van der Waals surface area contributed by atoms with Crippen molar-refractivity contribution >= 4 is 5.96 Å². The van der Waals surface area contributed by atoms with Crippen molar-refractivity contribution in [1.29, 1.82) is 0 Å². The van der Waals surface area contributed by atoms with E-state index >= 15 is 0 Å². The highest BCUT2D eigenvalue weighted by Crippen LogP contribution is 2.05. The van der Waals surface area contributed by atoms with Crippen molar-refractivity contribution in [1.82, 2.24) is 10.6 Å². The van der Waals surface area contributed by atoms with Crippen molar-refractivity contribution in [3.63, 3.8) is 0 Å². The van der Waals surface area contributed by atoms with Gasteiger partial charge >= 0.3 is 0 Å². The molecule has 0 fully saturated rings. The number of nitrogens with one attached hydrogen (secondary N) is 2. The maximum Gasteiger partial charge on any atom is 0.191 e. The molecule has 0 aromatic heterocycles. The minimum atomic E-state index is 0.716. The van der Waals surface area contributed by atoms with Gasteiger partial charge in [0.1, 0.15) is 0 Å². The first kappa shape index (κ1) is 12.3. The molecule has 3 nitrogen and oxygen atoms in total. The Labute approximate surface area is 97.3 Å². The Hall–Kier alpha value is -1.77. The van der Waals surface area contributed by atoms with Crippen LogP contribution in [0.1, 0.15) is 11.1 Å². The molecule has 1 aromatic carbocycles. The highest BCUT2D eigenvalue weighted by atomic mass is 15.2. The van der Waals surface area contributed by atoms with E-state index in [1.54, 1.807) is 13.1 Å². The van der Waals surface area contributed by atoms with Crippen LogP contribution in [0.2, 0.25) is 0 Å². The summed E-state index contributed by atoms with van der Waals surface area (Å²) in [5.41, 5.74) is 2.57. The highest BCUT2D eigenvalue weighted by Gasteiger charge is 1.98. The summed E-state index contributed by atoms with van der Waals surface area (Å²) in [5, 5.41) is 6.38. The lowest BCUT2D eigenvalue weighted by molar-refractivity contribution is 0.842. The Morgan fingerprint density at radius 1 is 1.38 bits per heavy atom. The molecule has 0 radical (unpaired) electrons. The molecule has 86 valence electrons. The van der Waals surface area contributed by atoms with Gasteiger partial charge in [0.25, 0.3) is 0 Å². The Morgan fingerprint density at radius 2 is 2.12 bits per heavy atom. The second kappa shape index (κ2) is 6.67. The number of benzene rings is 1. The summed E-state index contributed by atoms with van der Waals surface area (Å²) in [6.45, 7) is 7.26. The van der Waals surface area contributed by atoms with Gasteiger partial charge in [-0.15, -0.1) is 6.58 Å². The van der Waals surface area contributed by atoms with E-state index < -0.39 is 0 Å². The van der Waals surface area contributed by atoms with E-state index in [2.05, 4.69) is 41.3 Å². The molecule has 0 saturated heterocycles. The van der Waals surface area contributed by atoms with Gasteiger partial charge in [0, 0.05) is 20.1 Å². The van der Waals surface area contributed by atoms with Crippen LogP contribution in [-0.4, -0.2) is 19.6 Å². The van der Waals surface area contributed by atoms with Gasteiger partial charge in [-0.2, -0.15) is 0 Å². The average Bonchev–Trinajstić information content (AvgIpc) is 2.31. The van der Waals surface area contributed by atoms with Gasteiger partial charge in [-0.3, -0.25) is 4.99 Å². The summed E-state index contributed by atoms with van der Waals surface area (Å²) in [4.78, 5) is 4.12. The minimum absolute atomic E-state index is 0.716. The molecule has 0 saturated carbocycles. The Bertz CT molecular complexity index is 369. The number of hydrogen-bond donors (Lipinski definition) is 2. The van der Waals surface area contributed by atoms with E-state index in [4.69, 9.17) is 0 Å². The zero-order valence-corrected chi connectivity index (χ0v) is 9.96. The summed E-state index contributed by atoms with van der Waals surface area (Å²) in [6.07, 6.45) is 1.81. The third kappa shape index (κ3) is 3.77. The van der Waals surface area contributed by atoms with E-state index in [1.165, 1.54) is 11.1 Å². The SMILES string of the molecule is C=CCNC(=NC)NCc1ccccc1C. The quantitative estimate of drug-likeness (QED) is 0.459. The minimum Gasteiger partial charge on any atom is -0.353 e. The van der Waals surface area contributed by atoms with Gasteiger partial charge in [0.15, 0.2) is 5.96 Å². The fraction of sp³-hybridized carbons (Fsp3) is 0.308.